The van der Waals surface area contributed by atoms with Crippen molar-refractivity contribution < 1.29 is 13.7 Å². The highest BCUT2D eigenvalue weighted by Crippen LogP contribution is 2.30. The van der Waals surface area contributed by atoms with Gasteiger partial charge in [0.05, 0.1) is 5.52 Å². The predicted molar refractivity (Wildman–Crippen MR) is 91.8 cm³/mol. The first-order valence-electron chi connectivity index (χ1n) is 8.21. The summed E-state index contributed by atoms with van der Waals surface area (Å²) in [5.41, 5.74) is 1.73. The maximum absolute atomic E-state index is 13.6. The van der Waals surface area contributed by atoms with Gasteiger partial charge < -0.3 is 14.7 Å². The second-order valence-corrected chi connectivity index (χ2v) is 6.13. The average molecular weight is 340 g/mol. The first-order valence-corrected chi connectivity index (χ1v) is 8.21. The van der Waals surface area contributed by atoms with Crippen LogP contribution in [0.2, 0.25) is 0 Å². The van der Waals surface area contributed by atoms with Gasteiger partial charge in [-0.2, -0.15) is 0 Å². The molecule has 4 rings (SSSR count). The molecule has 3 aromatic rings. The summed E-state index contributed by atoms with van der Waals surface area (Å²) in [6.07, 6.45) is 4.61. The zero-order valence-electron chi connectivity index (χ0n) is 13.5. The molecule has 1 aliphatic heterocycles. The van der Waals surface area contributed by atoms with Crippen LogP contribution in [0.5, 0.6) is 0 Å². The topological polar surface area (TPSA) is 71.3 Å². The van der Waals surface area contributed by atoms with E-state index in [0.29, 0.717) is 5.82 Å². The van der Waals surface area contributed by atoms with Gasteiger partial charge in [0.15, 0.2) is 5.82 Å². The minimum Gasteiger partial charge on any atom is -0.371 e. The third kappa shape index (κ3) is 3.17. The predicted octanol–water partition coefficient (Wildman–Crippen LogP) is 3.22. The fraction of sp³-hybridized carbons (Fsp3) is 0.278. The van der Waals surface area contributed by atoms with Gasteiger partial charge in [-0.1, -0.05) is 5.16 Å². The highest BCUT2D eigenvalue weighted by Gasteiger charge is 2.26. The van der Waals surface area contributed by atoms with E-state index in [9.17, 15) is 9.18 Å². The Bertz CT molecular complexity index is 889. The van der Waals surface area contributed by atoms with Crippen LogP contribution in [-0.2, 0) is 4.79 Å². The number of carbonyl (C=O) groups excluding carboxylic acids is 1. The maximum Gasteiger partial charge on any atom is 0.228 e. The van der Waals surface area contributed by atoms with E-state index in [-0.39, 0.29) is 17.6 Å². The molecule has 1 N–H and O–H groups in total. The third-order valence-corrected chi connectivity index (χ3v) is 4.58. The lowest BCUT2D eigenvalue weighted by molar-refractivity contribution is -0.120. The van der Waals surface area contributed by atoms with Crippen LogP contribution in [0.1, 0.15) is 12.8 Å². The number of carbonyl (C=O) groups is 1. The number of halogens is 1. The van der Waals surface area contributed by atoms with Crippen LogP contribution in [0.3, 0.4) is 0 Å². The Kier molecular flexibility index (Phi) is 4.05. The number of amides is 1. The molecule has 0 saturated carbocycles. The molecule has 1 amide bonds. The van der Waals surface area contributed by atoms with Crippen LogP contribution in [0.25, 0.3) is 10.9 Å². The van der Waals surface area contributed by atoms with E-state index < -0.39 is 0 Å². The number of piperidine rings is 1. The van der Waals surface area contributed by atoms with Gasteiger partial charge in [-0.15, -0.1) is 0 Å². The lowest BCUT2D eigenvalue weighted by Crippen LogP contribution is -2.38. The molecular weight excluding hydrogens is 323 g/mol. The lowest BCUT2D eigenvalue weighted by Gasteiger charge is -2.33. The van der Waals surface area contributed by atoms with Crippen molar-refractivity contribution in [2.75, 3.05) is 23.3 Å². The lowest BCUT2D eigenvalue weighted by atomic mass is 9.95. The second kappa shape index (κ2) is 6.51. The smallest absolute Gasteiger partial charge is 0.228 e. The second-order valence-electron chi connectivity index (χ2n) is 6.13. The molecule has 6 nitrogen and oxygen atoms in total. The Morgan fingerprint density at radius 3 is 2.84 bits per heavy atom. The molecule has 1 aromatic carbocycles. The van der Waals surface area contributed by atoms with E-state index in [1.165, 1.54) is 18.4 Å². The zero-order chi connectivity index (χ0) is 17.2. The Morgan fingerprint density at radius 2 is 2.08 bits per heavy atom. The minimum absolute atomic E-state index is 0.0424. The maximum atomic E-state index is 13.6. The number of fused-ring (bicyclic) bond motifs is 1. The molecule has 2 aromatic heterocycles. The van der Waals surface area contributed by atoms with Gasteiger partial charge in [0.25, 0.3) is 0 Å². The first-order chi connectivity index (χ1) is 12.2. The minimum atomic E-state index is -0.274. The molecular formula is C18H17FN4O2. The van der Waals surface area contributed by atoms with Crippen molar-refractivity contribution in [1.29, 1.82) is 0 Å². The molecule has 1 fully saturated rings. The number of rotatable bonds is 3. The SMILES string of the molecule is O=C(Nc1ccon1)C1CCN(c2ccnc3ccc(F)cc23)CC1. The van der Waals surface area contributed by atoms with Crippen LogP contribution in [0, 0.1) is 11.7 Å². The van der Waals surface area contributed by atoms with Gasteiger partial charge in [-0.25, -0.2) is 4.39 Å². The molecule has 128 valence electrons. The normalized spacial score (nSPS) is 15.5. The Balaban J connectivity index is 1.47. The first kappa shape index (κ1) is 15.6. The fourth-order valence-corrected chi connectivity index (χ4v) is 3.27. The zero-order valence-corrected chi connectivity index (χ0v) is 13.5. The standard InChI is InChI=1S/C18H17FN4O2/c19-13-1-2-15-14(11-13)16(3-7-20-15)23-8-4-12(5-9-23)18(24)21-17-6-10-25-22-17/h1-3,6-7,10-12H,4-5,8-9H2,(H,21,22,24). The molecule has 25 heavy (non-hydrogen) atoms. The molecule has 0 atom stereocenters. The van der Waals surface area contributed by atoms with Gasteiger partial charge in [-0.3, -0.25) is 9.78 Å². The molecule has 3 heterocycles. The van der Waals surface area contributed by atoms with E-state index in [0.717, 1.165) is 42.5 Å². The van der Waals surface area contributed by atoms with Crippen LogP contribution >= 0.6 is 0 Å². The summed E-state index contributed by atoms with van der Waals surface area (Å²) in [7, 11) is 0. The van der Waals surface area contributed by atoms with E-state index >= 15 is 0 Å². The number of benzene rings is 1. The van der Waals surface area contributed by atoms with Crippen molar-refractivity contribution >= 4 is 28.3 Å². The van der Waals surface area contributed by atoms with E-state index in [1.54, 1.807) is 18.3 Å². The highest BCUT2D eigenvalue weighted by molar-refractivity contribution is 5.93. The number of aromatic nitrogens is 2. The highest BCUT2D eigenvalue weighted by atomic mass is 19.1. The Hall–Kier alpha value is -2.96. The molecule has 1 saturated heterocycles. The molecule has 0 bridgehead atoms. The number of nitrogens with one attached hydrogen (secondary N) is 1. The van der Waals surface area contributed by atoms with Crippen LogP contribution in [-0.4, -0.2) is 29.1 Å². The fourth-order valence-electron chi connectivity index (χ4n) is 3.27. The van der Waals surface area contributed by atoms with Crippen LogP contribution < -0.4 is 10.2 Å². The van der Waals surface area contributed by atoms with E-state index in [1.807, 2.05) is 6.07 Å². The van der Waals surface area contributed by atoms with E-state index in [4.69, 9.17) is 4.52 Å². The summed E-state index contributed by atoms with van der Waals surface area (Å²) in [6, 6.07) is 8.13. The van der Waals surface area contributed by atoms with Crippen molar-refractivity contribution in [1.82, 2.24) is 10.1 Å². The summed E-state index contributed by atoms with van der Waals surface area (Å²) >= 11 is 0. The van der Waals surface area contributed by atoms with Crippen molar-refractivity contribution in [3.8, 4) is 0 Å². The number of hydrogen-bond acceptors (Lipinski definition) is 5. The van der Waals surface area contributed by atoms with Crippen molar-refractivity contribution in [2.24, 2.45) is 5.92 Å². The van der Waals surface area contributed by atoms with Gasteiger partial charge in [-0.05, 0) is 37.1 Å². The van der Waals surface area contributed by atoms with Crippen molar-refractivity contribution in [3.63, 3.8) is 0 Å². The molecule has 0 unspecified atom stereocenters. The van der Waals surface area contributed by atoms with Crippen molar-refractivity contribution in [3.05, 3.63) is 48.6 Å². The van der Waals surface area contributed by atoms with Crippen LogP contribution in [0.4, 0.5) is 15.9 Å². The largest absolute Gasteiger partial charge is 0.371 e. The number of nitrogens with zero attached hydrogens (tertiary/aromatic N) is 3. The summed E-state index contributed by atoms with van der Waals surface area (Å²) in [6.45, 7) is 1.46. The van der Waals surface area contributed by atoms with Gasteiger partial charge in [0, 0.05) is 42.3 Å². The Labute approximate surface area is 143 Å². The van der Waals surface area contributed by atoms with Gasteiger partial charge >= 0.3 is 0 Å². The average Bonchev–Trinajstić information content (AvgIpc) is 3.14. The summed E-state index contributed by atoms with van der Waals surface area (Å²) < 4.78 is 18.3. The number of anilines is 2. The quantitative estimate of drug-likeness (QED) is 0.793. The molecule has 0 radical (unpaired) electrons. The van der Waals surface area contributed by atoms with Crippen LogP contribution in [0.15, 0.2) is 47.3 Å². The van der Waals surface area contributed by atoms with Gasteiger partial charge in [0.2, 0.25) is 5.91 Å². The summed E-state index contributed by atoms with van der Waals surface area (Å²) in [4.78, 5) is 18.8. The molecule has 0 aliphatic carbocycles. The number of pyridine rings is 1. The van der Waals surface area contributed by atoms with E-state index in [2.05, 4.69) is 20.4 Å². The number of hydrogen-bond donors (Lipinski definition) is 1. The third-order valence-electron chi connectivity index (χ3n) is 4.58. The van der Waals surface area contributed by atoms with Crippen molar-refractivity contribution in [2.45, 2.75) is 12.8 Å². The molecule has 1 aliphatic rings. The van der Waals surface area contributed by atoms with Gasteiger partial charge in [0.1, 0.15) is 12.1 Å². The summed E-state index contributed by atoms with van der Waals surface area (Å²) in [5.74, 6) is 0.0450. The summed E-state index contributed by atoms with van der Waals surface area (Å²) in [5, 5.41) is 7.26. The Morgan fingerprint density at radius 1 is 1.24 bits per heavy atom. The molecule has 7 heteroatoms. The molecule has 0 spiro atoms. The monoisotopic (exact) mass is 340 g/mol.